The predicted molar refractivity (Wildman–Crippen MR) is 62.1 cm³/mol. The van der Waals surface area contributed by atoms with Crippen molar-refractivity contribution < 1.29 is 14.3 Å². The van der Waals surface area contributed by atoms with Gasteiger partial charge >= 0.3 is 5.97 Å². The van der Waals surface area contributed by atoms with Gasteiger partial charge in [0.2, 0.25) is 0 Å². The monoisotopic (exact) mass is 231 g/mol. The van der Waals surface area contributed by atoms with Gasteiger partial charge in [0, 0.05) is 24.6 Å². The maximum atomic E-state index is 11.2. The SMILES string of the molecule is O=C(O)C1CNCC1c1ccc2occcc1-2. The van der Waals surface area contributed by atoms with Crippen molar-refractivity contribution in [2.75, 3.05) is 13.1 Å². The topological polar surface area (TPSA) is 62.5 Å². The molecule has 0 spiro atoms. The second kappa shape index (κ2) is 3.89. The van der Waals surface area contributed by atoms with E-state index in [-0.39, 0.29) is 11.8 Å². The quantitative estimate of drug-likeness (QED) is 0.826. The van der Waals surface area contributed by atoms with Gasteiger partial charge in [0.25, 0.3) is 0 Å². The lowest BCUT2D eigenvalue weighted by molar-refractivity contribution is -0.141. The molecular formula is C13H13NO3. The second-order valence-corrected chi connectivity index (χ2v) is 4.39. The van der Waals surface area contributed by atoms with Gasteiger partial charge in [0.1, 0.15) is 5.76 Å². The Labute approximate surface area is 98.6 Å². The van der Waals surface area contributed by atoms with Crippen LogP contribution in [0.4, 0.5) is 0 Å². The van der Waals surface area contributed by atoms with Crippen LogP contribution >= 0.6 is 0 Å². The number of carboxylic acid groups (broad SMARTS) is 1. The molecule has 1 saturated heterocycles. The Balaban J connectivity index is 2.01. The van der Waals surface area contributed by atoms with Gasteiger partial charge in [-0.3, -0.25) is 4.79 Å². The summed E-state index contributed by atoms with van der Waals surface area (Å²) in [6.07, 6.45) is 1.63. The summed E-state index contributed by atoms with van der Waals surface area (Å²) in [6.45, 7) is 1.25. The van der Waals surface area contributed by atoms with Crippen LogP contribution in [-0.4, -0.2) is 24.2 Å². The van der Waals surface area contributed by atoms with E-state index in [1.165, 1.54) is 0 Å². The third-order valence-corrected chi connectivity index (χ3v) is 3.46. The molecule has 2 heterocycles. The Hall–Kier alpha value is -1.81. The molecule has 0 amide bonds. The number of aliphatic carboxylic acids is 1. The first kappa shape index (κ1) is 10.4. The lowest BCUT2D eigenvalue weighted by atomic mass is 9.88. The molecule has 88 valence electrons. The summed E-state index contributed by atoms with van der Waals surface area (Å²) < 4.78 is 5.38. The van der Waals surface area contributed by atoms with E-state index < -0.39 is 5.97 Å². The minimum absolute atomic E-state index is 0.0302. The Morgan fingerprint density at radius 1 is 1.35 bits per heavy atom. The predicted octanol–water partition coefficient (Wildman–Crippen LogP) is 1.77. The fraction of sp³-hybridized carbons (Fsp3) is 0.308. The molecule has 2 aliphatic heterocycles. The van der Waals surface area contributed by atoms with Crippen molar-refractivity contribution in [3.63, 3.8) is 0 Å². The molecule has 4 nitrogen and oxygen atoms in total. The van der Waals surface area contributed by atoms with Gasteiger partial charge in [-0.25, -0.2) is 0 Å². The zero-order valence-corrected chi connectivity index (χ0v) is 9.22. The molecule has 3 rings (SSSR count). The molecule has 2 N–H and O–H groups in total. The molecule has 0 saturated carbocycles. The van der Waals surface area contributed by atoms with Crippen molar-refractivity contribution in [2.45, 2.75) is 5.92 Å². The van der Waals surface area contributed by atoms with Gasteiger partial charge in [0.15, 0.2) is 0 Å². The van der Waals surface area contributed by atoms with Crippen LogP contribution in [0.3, 0.4) is 0 Å². The molecule has 1 aliphatic carbocycles. The summed E-state index contributed by atoms with van der Waals surface area (Å²) in [6, 6.07) is 7.69. The number of fused-ring (bicyclic) bond motifs is 1. The number of hydrogen-bond acceptors (Lipinski definition) is 3. The maximum absolute atomic E-state index is 11.2. The van der Waals surface area contributed by atoms with Crippen molar-refractivity contribution in [3.05, 3.63) is 36.1 Å². The van der Waals surface area contributed by atoms with E-state index in [1.807, 2.05) is 24.3 Å². The minimum atomic E-state index is -0.734. The molecule has 0 aromatic heterocycles. The molecule has 0 radical (unpaired) electrons. The first-order chi connectivity index (χ1) is 8.27. The van der Waals surface area contributed by atoms with Gasteiger partial charge in [-0.1, -0.05) is 6.07 Å². The first-order valence-corrected chi connectivity index (χ1v) is 5.67. The molecule has 4 heteroatoms. The van der Waals surface area contributed by atoms with Gasteiger partial charge in [-0.2, -0.15) is 0 Å². The fourth-order valence-electron chi connectivity index (χ4n) is 2.60. The summed E-state index contributed by atoms with van der Waals surface area (Å²) >= 11 is 0. The van der Waals surface area contributed by atoms with E-state index in [2.05, 4.69) is 5.32 Å². The average Bonchev–Trinajstić information content (AvgIpc) is 2.94. The Bertz CT molecular complexity index is 519. The van der Waals surface area contributed by atoms with Crippen LogP contribution in [0.2, 0.25) is 0 Å². The van der Waals surface area contributed by atoms with Crippen LogP contribution in [0.25, 0.3) is 11.3 Å². The number of rotatable bonds is 2. The van der Waals surface area contributed by atoms with Crippen LogP contribution < -0.4 is 5.32 Å². The van der Waals surface area contributed by atoms with E-state index in [1.54, 1.807) is 6.26 Å². The highest BCUT2D eigenvalue weighted by atomic mass is 16.4. The third-order valence-electron chi connectivity index (χ3n) is 3.46. The fourth-order valence-corrected chi connectivity index (χ4v) is 2.60. The molecule has 3 aliphatic rings. The van der Waals surface area contributed by atoms with Gasteiger partial charge in [-0.15, -0.1) is 0 Å². The average molecular weight is 231 g/mol. The van der Waals surface area contributed by atoms with E-state index in [4.69, 9.17) is 4.42 Å². The van der Waals surface area contributed by atoms with E-state index in [0.29, 0.717) is 13.1 Å². The zero-order chi connectivity index (χ0) is 11.8. The second-order valence-electron chi connectivity index (χ2n) is 4.39. The van der Waals surface area contributed by atoms with E-state index in [0.717, 1.165) is 16.9 Å². The van der Waals surface area contributed by atoms with Crippen molar-refractivity contribution in [3.8, 4) is 11.3 Å². The lowest BCUT2D eigenvalue weighted by Gasteiger charge is -2.15. The highest BCUT2D eigenvalue weighted by molar-refractivity contribution is 5.75. The summed E-state index contributed by atoms with van der Waals surface area (Å²) in [5.74, 6) is -0.232. The molecular weight excluding hydrogens is 218 g/mol. The maximum Gasteiger partial charge on any atom is 0.308 e. The number of carbonyl (C=O) groups is 1. The lowest BCUT2D eigenvalue weighted by Crippen LogP contribution is -2.20. The summed E-state index contributed by atoms with van der Waals surface area (Å²) in [4.78, 5) is 11.2. The van der Waals surface area contributed by atoms with Crippen molar-refractivity contribution >= 4 is 5.97 Å². The van der Waals surface area contributed by atoms with Crippen LogP contribution in [-0.2, 0) is 4.79 Å². The molecule has 2 atom stereocenters. The number of hydrogen-bond donors (Lipinski definition) is 2. The Morgan fingerprint density at radius 3 is 3.06 bits per heavy atom. The standard InChI is InChI=1S/C13H13NO3/c15-13(16)11-7-14-6-10(11)8-3-4-12-9(8)2-1-5-17-12/h1-5,10-11,14H,6-7H2,(H,15,16). The zero-order valence-electron chi connectivity index (χ0n) is 9.22. The molecule has 0 aromatic rings. The highest BCUT2D eigenvalue weighted by Gasteiger charge is 2.35. The van der Waals surface area contributed by atoms with Crippen LogP contribution in [0.15, 0.2) is 34.9 Å². The normalized spacial score (nSPS) is 24.2. The van der Waals surface area contributed by atoms with Crippen LogP contribution in [0, 0.1) is 5.92 Å². The molecule has 17 heavy (non-hydrogen) atoms. The number of nitrogens with one attached hydrogen (secondary N) is 1. The third kappa shape index (κ3) is 1.61. The smallest absolute Gasteiger partial charge is 0.308 e. The number of carboxylic acids is 1. The summed E-state index contributed by atoms with van der Waals surface area (Å²) in [7, 11) is 0. The van der Waals surface area contributed by atoms with Crippen LogP contribution in [0.5, 0.6) is 0 Å². The van der Waals surface area contributed by atoms with Gasteiger partial charge < -0.3 is 14.8 Å². The summed E-state index contributed by atoms with van der Waals surface area (Å²) in [5, 5.41) is 12.3. The highest BCUT2D eigenvalue weighted by Crippen LogP contribution is 2.37. The van der Waals surface area contributed by atoms with E-state index in [9.17, 15) is 9.90 Å². The van der Waals surface area contributed by atoms with Gasteiger partial charge in [0.05, 0.1) is 12.2 Å². The first-order valence-electron chi connectivity index (χ1n) is 5.67. The molecule has 0 bridgehead atoms. The van der Waals surface area contributed by atoms with Gasteiger partial charge in [-0.05, 0) is 23.8 Å². The summed E-state index contributed by atoms with van der Waals surface area (Å²) in [5.41, 5.74) is 2.09. The van der Waals surface area contributed by atoms with E-state index >= 15 is 0 Å². The van der Waals surface area contributed by atoms with Crippen molar-refractivity contribution in [1.82, 2.24) is 5.32 Å². The Morgan fingerprint density at radius 2 is 2.24 bits per heavy atom. The molecule has 1 fully saturated rings. The largest absolute Gasteiger partial charge is 0.481 e. The van der Waals surface area contributed by atoms with Crippen molar-refractivity contribution in [1.29, 1.82) is 0 Å². The van der Waals surface area contributed by atoms with Crippen LogP contribution in [0.1, 0.15) is 11.5 Å². The Kier molecular flexibility index (Phi) is 2.37. The van der Waals surface area contributed by atoms with Crippen molar-refractivity contribution in [2.24, 2.45) is 5.92 Å². The molecule has 2 unspecified atom stereocenters. The molecule has 0 aromatic carbocycles. The minimum Gasteiger partial charge on any atom is -0.481 e.